The Labute approximate surface area is 86.4 Å². The number of halogens is 1. The van der Waals surface area contributed by atoms with Crippen LogP contribution < -0.4 is 10.1 Å². The van der Waals surface area contributed by atoms with E-state index in [4.69, 9.17) is 4.74 Å². The second kappa shape index (κ2) is 3.58. The molecule has 0 radical (unpaired) electrons. The van der Waals surface area contributed by atoms with Gasteiger partial charge in [0.15, 0.2) is 0 Å². The van der Waals surface area contributed by atoms with Gasteiger partial charge in [0, 0.05) is 12.2 Å². The highest BCUT2D eigenvalue weighted by Crippen LogP contribution is 2.33. The molecule has 2 nitrogen and oxygen atoms in total. The molecule has 1 heterocycles. The summed E-state index contributed by atoms with van der Waals surface area (Å²) in [6.45, 7) is 1.08. The molecule has 13 heavy (non-hydrogen) atoms. The fourth-order valence-electron chi connectivity index (χ4n) is 1.63. The van der Waals surface area contributed by atoms with Crippen LogP contribution in [0.3, 0.4) is 0 Å². The molecule has 3 heteroatoms. The SMILES string of the molecule is COc1cc2c(cc1Br)NCCC2. The van der Waals surface area contributed by atoms with Crippen LogP contribution in [0.1, 0.15) is 12.0 Å². The number of nitrogens with one attached hydrogen (secondary N) is 1. The first-order chi connectivity index (χ1) is 6.31. The van der Waals surface area contributed by atoms with Gasteiger partial charge in [-0.1, -0.05) is 0 Å². The van der Waals surface area contributed by atoms with Gasteiger partial charge in [-0.2, -0.15) is 0 Å². The van der Waals surface area contributed by atoms with E-state index < -0.39 is 0 Å². The summed E-state index contributed by atoms with van der Waals surface area (Å²) in [5, 5.41) is 3.37. The maximum Gasteiger partial charge on any atom is 0.133 e. The quantitative estimate of drug-likeness (QED) is 0.817. The van der Waals surface area contributed by atoms with Gasteiger partial charge in [-0.15, -0.1) is 0 Å². The average molecular weight is 242 g/mol. The molecule has 0 fully saturated rings. The first kappa shape index (κ1) is 8.88. The van der Waals surface area contributed by atoms with Gasteiger partial charge in [0.05, 0.1) is 11.6 Å². The van der Waals surface area contributed by atoms with Crippen molar-refractivity contribution >= 4 is 21.6 Å². The largest absolute Gasteiger partial charge is 0.496 e. The molecule has 0 amide bonds. The minimum atomic E-state index is 0.919. The van der Waals surface area contributed by atoms with Crippen molar-refractivity contribution < 1.29 is 4.74 Å². The topological polar surface area (TPSA) is 21.3 Å². The minimum Gasteiger partial charge on any atom is -0.496 e. The predicted octanol–water partition coefficient (Wildman–Crippen LogP) is 2.82. The van der Waals surface area contributed by atoms with Crippen LogP contribution in [0.2, 0.25) is 0 Å². The molecule has 0 bridgehead atoms. The summed E-state index contributed by atoms with van der Waals surface area (Å²) in [6.07, 6.45) is 2.35. The molecule has 0 unspecified atom stereocenters. The number of hydrogen-bond acceptors (Lipinski definition) is 2. The Kier molecular flexibility index (Phi) is 2.44. The highest BCUT2D eigenvalue weighted by molar-refractivity contribution is 9.10. The van der Waals surface area contributed by atoms with Gasteiger partial charge in [0.25, 0.3) is 0 Å². The average Bonchev–Trinajstić information content (AvgIpc) is 2.17. The van der Waals surface area contributed by atoms with Crippen LogP contribution in [0, 0.1) is 0 Å². The zero-order valence-electron chi connectivity index (χ0n) is 7.56. The van der Waals surface area contributed by atoms with E-state index in [1.54, 1.807) is 7.11 Å². The van der Waals surface area contributed by atoms with Crippen LogP contribution in [0.4, 0.5) is 5.69 Å². The Morgan fingerprint density at radius 1 is 1.46 bits per heavy atom. The van der Waals surface area contributed by atoms with E-state index in [0.717, 1.165) is 23.2 Å². The number of rotatable bonds is 1. The maximum atomic E-state index is 5.24. The Morgan fingerprint density at radius 3 is 3.08 bits per heavy atom. The zero-order valence-corrected chi connectivity index (χ0v) is 9.15. The van der Waals surface area contributed by atoms with E-state index in [2.05, 4.69) is 33.4 Å². The van der Waals surface area contributed by atoms with Gasteiger partial charge >= 0.3 is 0 Å². The first-order valence-electron chi connectivity index (χ1n) is 4.41. The Balaban J connectivity index is 2.44. The van der Waals surface area contributed by atoms with Crippen LogP contribution in [-0.2, 0) is 6.42 Å². The number of hydrogen-bond donors (Lipinski definition) is 1. The van der Waals surface area contributed by atoms with Crippen molar-refractivity contribution in [3.63, 3.8) is 0 Å². The van der Waals surface area contributed by atoms with Crippen LogP contribution in [0.15, 0.2) is 16.6 Å². The second-order valence-corrected chi connectivity index (χ2v) is 4.03. The standard InChI is InChI=1S/C10H12BrNO/c1-13-10-5-7-3-2-4-12-9(7)6-8(10)11/h5-6,12H,2-4H2,1H3. The summed E-state index contributed by atoms with van der Waals surface area (Å²) in [4.78, 5) is 0. The third kappa shape index (κ3) is 1.66. The summed E-state index contributed by atoms with van der Waals surface area (Å²) in [5.41, 5.74) is 2.59. The number of aryl methyl sites for hydroxylation is 1. The fraction of sp³-hybridized carbons (Fsp3) is 0.400. The highest BCUT2D eigenvalue weighted by Gasteiger charge is 2.11. The highest BCUT2D eigenvalue weighted by atomic mass is 79.9. The maximum absolute atomic E-state index is 5.24. The summed E-state index contributed by atoms with van der Waals surface area (Å²) in [5.74, 6) is 0.919. The second-order valence-electron chi connectivity index (χ2n) is 3.17. The molecule has 1 N–H and O–H groups in total. The zero-order chi connectivity index (χ0) is 9.26. The van der Waals surface area contributed by atoms with Gasteiger partial charge < -0.3 is 10.1 Å². The van der Waals surface area contributed by atoms with Crippen molar-refractivity contribution in [2.75, 3.05) is 19.0 Å². The minimum absolute atomic E-state index is 0.919. The van der Waals surface area contributed by atoms with E-state index in [-0.39, 0.29) is 0 Å². The molecule has 70 valence electrons. The lowest BCUT2D eigenvalue weighted by atomic mass is 10.0. The first-order valence-corrected chi connectivity index (χ1v) is 5.21. The summed E-state index contributed by atoms with van der Waals surface area (Å²) in [6, 6.07) is 4.19. The van der Waals surface area contributed by atoms with Crippen LogP contribution in [0.25, 0.3) is 0 Å². The van der Waals surface area contributed by atoms with Crippen molar-refractivity contribution in [3.05, 3.63) is 22.2 Å². The molecular weight excluding hydrogens is 230 g/mol. The van der Waals surface area contributed by atoms with Gasteiger partial charge in [-0.3, -0.25) is 0 Å². The number of methoxy groups -OCH3 is 1. The third-order valence-corrected chi connectivity index (χ3v) is 2.94. The van der Waals surface area contributed by atoms with Gasteiger partial charge in [0.1, 0.15) is 5.75 Å². The Bertz CT molecular complexity index is 325. The molecule has 0 saturated carbocycles. The van der Waals surface area contributed by atoms with Crippen molar-refractivity contribution in [2.45, 2.75) is 12.8 Å². The van der Waals surface area contributed by atoms with Gasteiger partial charge in [-0.05, 0) is 46.5 Å². The molecular formula is C10H12BrNO. The Morgan fingerprint density at radius 2 is 2.31 bits per heavy atom. The van der Waals surface area contributed by atoms with Crippen LogP contribution >= 0.6 is 15.9 Å². The molecule has 1 aliphatic rings. The van der Waals surface area contributed by atoms with E-state index in [1.807, 2.05) is 0 Å². The summed E-state index contributed by atoms with van der Waals surface area (Å²) in [7, 11) is 1.70. The van der Waals surface area contributed by atoms with Crippen molar-refractivity contribution in [1.82, 2.24) is 0 Å². The van der Waals surface area contributed by atoms with E-state index in [9.17, 15) is 0 Å². The molecule has 0 atom stereocenters. The van der Waals surface area contributed by atoms with Crippen molar-refractivity contribution in [1.29, 1.82) is 0 Å². The fourth-order valence-corrected chi connectivity index (χ4v) is 2.13. The lowest BCUT2D eigenvalue weighted by Crippen LogP contribution is -2.11. The molecule has 1 aliphatic heterocycles. The molecule has 0 aromatic heterocycles. The third-order valence-electron chi connectivity index (χ3n) is 2.32. The number of fused-ring (bicyclic) bond motifs is 1. The number of ether oxygens (including phenoxy) is 1. The van der Waals surface area contributed by atoms with Crippen molar-refractivity contribution in [2.24, 2.45) is 0 Å². The summed E-state index contributed by atoms with van der Waals surface area (Å²) >= 11 is 3.47. The normalized spacial score (nSPS) is 14.6. The molecule has 0 aliphatic carbocycles. The van der Waals surface area contributed by atoms with E-state index >= 15 is 0 Å². The summed E-state index contributed by atoms with van der Waals surface area (Å²) < 4.78 is 6.25. The van der Waals surface area contributed by atoms with E-state index in [0.29, 0.717) is 0 Å². The molecule has 0 saturated heterocycles. The lowest BCUT2D eigenvalue weighted by molar-refractivity contribution is 0.411. The number of benzene rings is 1. The van der Waals surface area contributed by atoms with Gasteiger partial charge in [0.2, 0.25) is 0 Å². The Hall–Kier alpha value is -0.700. The van der Waals surface area contributed by atoms with Crippen molar-refractivity contribution in [3.8, 4) is 5.75 Å². The lowest BCUT2D eigenvalue weighted by Gasteiger charge is -2.19. The molecule has 1 aromatic carbocycles. The monoisotopic (exact) mass is 241 g/mol. The number of anilines is 1. The smallest absolute Gasteiger partial charge is 0.133 e. The molecule has 0 spiro atoms. The van der Waals surface area contributed by atoms with E-state index in [1.165, 1.54) is 17.7 Å². The van der Waals surface area contributed by atoms with Gasteiger partial charge in [-0.25, -0.2) is 0 Å². The van der Waals surface area contributed by atoms with Crippen LogP contribution in [-0.4, -0.2) is 13.7 Å². The molecule has 2 rings (SSSR count). The van der Waals surface area contributed by atoms with Crippen LogP contribution in [0.5, 0.6) is 5.75 Å². The predicted molar refractivity (Wildman–Crippen MR) is 57.5 cm³/mol. The molecule has 1 aromatic rings.